The second-order valence-corrected chi connectivity index (χ2v) is 2.90. The van der Waals surface area contributed by atoms with Crippen LogP contribution in [0.4, 0.5) is 0 Å². The van der Waals surface area contributed by atoms with Gasteiger partial charge in [0.2, 0.25) is 0 Å². The first-order chi connectivity index (χ1) is 5.27. The lowest BCUT2D eigenvalue weighted by atomic mass is 10.1. The number of rotatable bonds is 3. The Morgan fingerprint density at radius 2 is 2.45 bits per heavy atom. The molecule has 1 aliphatic rings. The molecule has 0 aliphatic carbocycles. The number of carbonyl (C=O) groups excluding carboxylic acids is 1. The van der Waals surface area contributed by atoms with Crippen LogP contribution in [0.3, 0.4) is 0 Å². The summed E-state index contributed by atoms with van der Waals surface area (Å²) in [5, 5.41) is 9.33. The van der Waals surface area contributed by atoms with Gasteiger partial charge in [-0.15, -0.1) is 0 Å². The first-order valence-corrected chi connectivity index (χ1v) is 4.06. The minimum atomic E-state index is -0.403. The zero-order valence-electron chi connectivity index (χ0n) is 6.69. The van der Waals surface area contributed by atoms with Crippen molar-refractivity contribution in [2.45, 2.75) is 44.5 Å². The molecule has 0 radical (unpaired) electrons. The van der Waals surface area contributed by atoms with Gasteiger partial charge in [0.1, 0.15) is 12.4 Å². The molecule has 0 saturated carbocycles. The van der Waals surface area contributed by atoms with Crippen LogP contribution in [-0.2, 0) is 9.53 Å². The average molecular weight is 158 g/mol. The molecule has 3 atom stereocenters. The van der Waals surface area contributed by atoms with Crippen LogP contribution in [-0.4, -0.2) is 29.7 Å². The number of hydrogen-bond acceptors (Lipinski definition) is 3. The van der Waals surface area contributed by atoms with Crippen molar-refractivity contribution in [2.75, 3.05) is 0 Å². The fourth-order valence-corrected chi connectivity index (χ4v) is 1.34. The quantitative estimate of drug-likeness (QED) is 0.608. The Labute approximate surface area is 66.4 Å². The largest absolute Gasteiger partial charge is 0.390 e. The molecular formula is C8H14O3. The summed E-state index contributed by atoms with van der Waals surface area (Å²) in [6.45, 7) is 1.91. The molecule has 0 spiro atoms. The molecular weight excluding hydrogens is 144 g/mol. The highest BCUT2D eigenvalue weighted by Crippen LogP contribution is 2.21. The number of ether oxygens (including phenoxy) is 1. The van der Waals surface area contributed by atoms with Crippen LogP contribution < -0.4 is 0 Å². The monoisotopic (exact) mass is 158 g/mol. The Morgan fingerprint density at radius 3 is 2.91 bits per heavy atom. The van der Waals surface area contributed by atoms with Crippen LogP contribution in [0, 0.1) is 0 Å². The van der Waals surface area contributed by atoms with Gasteiger partial charge in [0.15, 0.2) is 0 Å². The van der Waals surface area contributed by atoms with Crippen LogP contribution in [0.2, 0.25) is 0 Å². The summed E-state index contributed by atoms with van der Waals surface area (Å²) in [5.41, 5.74) is 0. The van der Waals surface area contributed by atoms with E-state index in [1.54, 1.807) is 0 Å². The Kier molecular flexibility index (Phi) is 3.02. The van der Waals surface area contributed by atoms with Crippen LogP contribution in [0.5, 0.6) is 0 Å². The average Bonchev–Trinajstić information content (AvgIpc) is 2.50. The van der Waals surface area contributed by atoms with Gasteiger partial charge in [0, 0.05) is 0 Å². The number of carbonyl (C=O) groups is 1. The molecule has 0 bridgehead atoms. The summed E-state index contributed by atoms with van der Waals surface area (Å²) in [5.74, 6) is 0. The van der Waals surface area contributed by atoms with Crippen LogP contribution in [0.1, 0.15) is 26.2 Å². The Balaban J connectivity index is 2.34. The van der Waals surface area contributed by atoms with Gasteiger partial charge >= 0.3 is 0 Å². The molecule has 1 fully saturated rings. The SMILES string of the molecule is CCC(O)[C@H]1CC[C@@H](C=O)O1. The fourth-order valence-electron chi connectivity index (χ4n) is 1.34. The van der Waals surface area contributed by atoms with Crippen molar-refractivity contribution in [1.82, 2.24) is 0 Å². The summed E-state index contributed by atoms with van der Waals surface area (Å²) in [7, 11) is 0. The van der Waals surface area contributed by atoms with E-state index in [2.05, 4.69) is 0 Å². The zero-order chi connectivity index (χ0) is 8.27. The van der Waals surface area contributed by atoms with Crippen molar-refractivity contribution in [3.63, 3.8) is 0 Å². The highest BCUT2D eigenvalue weighted by Gasteiger charge is 2.29. The van der Waals surface area contributed by atoms with E-state index in [-0.39, 0.29) is 12.2 Å². The smallest absolute Gasteiger partial charge is 0.148 e. The lowest BCUT2D eigenvalue weighted by Gasteiger charge is -2.15. The number of aliphatic hydroxyl groups is 1. The van der Waals surface area contributed by atoms with Crippen molar-refractivity contribution in [3.05, 3.63) is 0 Å². The van der Waals surface area contributed by atoms with Crippen molar-refractivity contribution in [3.8, 4) is 0 Å². The van der Waals surface area contributed by atoms with Crippen molar-refractivity contribution in [2.24, 2.45) is 0 Å². The van der Waals surface area contributed by atoms with Crippen molar-refractivity contribution in [1.29, 1.82) is 0 Å². The summed E-state index contributed by atoms with van der Waals surface area (Å²) in [6, 6.07) is 0. The predicted octanol–water partition coefficient (Wildman–Crippen LogP) is 0.504. The molecule has 64 valence electrons. The Bertz CT molecular complexity index is 135. The maximum absolute atomic E-state index is 10.3. The van der Waals surface area contributed by atoms with Gasteiger partial charge in [0.05, 0.1) is 12.2 Å². The van der Waals surface area contributed by atoms with E-state index in [0.29, 0.717) is 6.42 Å². The summed E-state index contributed by atoms with van der Waals surface area (Å²) < 4.78 is 5.25. The van der Waals surface area contributed by atoms with Crippen LogP contribution in [0.15, 0.2) is 0 Å². The van der Waals surface area contributed by atoms with Gasteiger partial charge in [-0.3, -0.25) is 0 Å². The van der Waals surface area contributed by atoms with Gasteiger partial charge in [-0.05, 0) is 19.3 Å². The molecule has 3 nitrogen and oxygen atoms in total. The molecule has 1 aliphatic heterocycles. The van der Waals surface area contributed by atoms with Gasteiger partial charge in [-0.2, -0.15) is 0 Å². The first-order valence-electron chi connectivity index (χ1n) is 4.06. The molecule has 1 N–H and O–H groups in total. The summed E-state index contributed by atoms with van der Waals surface area (Å²) in [6.07, 6.45) is 2.26. The minimum Gasteiger partial charge on any atom is -0.390 e. The van der Waals surface area contributed by atoms with Crippen LogP contribution in [0.25, 0.3) is 0 Å². The van der Waals surface area contributed by atoms with Crippen molar-refractivity contribution >= 4 is 6.29 Å². The third-order valence-corrected chi connectivity index (χ3v) is 2.08. The molecule has 3 heteroatoms. The third kappa shape index (κ3) is 2.01. The normalized spacial score (nSPS) is 33.6. The third-order valence-electron chi connectivity index (χ3n) is 2.08. The molecule has 1 saturated heterocycles. The Morgan fingerprint density at radius 1 is 1.73 bits per heavy atom. The number of aldehydes is 1. The predicted molar refractivity (Wildman–Crippen MR) is 40.3 cm³/mol. The molecule has 1 heterocycles. The maximum atomic E-state index is 10.3. The second kappa shape index (κ2) is 3.83. The fraction of sp³-hybridized carbons (Fsp3) is 0.875. The van der Waals surface area contributed by atoms with Crippen LogP contribution >= 0.6 is 0 Å². The van der Waals surface area contributed by atoms with Gasteiger partial charge < -0.3 is 14.6 Å². The van der Waals surface area contributed by atoms with E-state index in [9.17, 15) is 9.90 Å². The molecule has 0 amide bonds. The first kappa shape index (κ1) is 8.68. The minimum absolute atomic E-state index is 0.116. The lowest BCUT2D eigenvalue weighted by Crippen LogP contribution is -2.25. The number of aliphatic hydroxyl groups excluding tert-OH is 1. The highest BCUT2D eigenvalue weighted by atomic mass is 16.5. The van der Waals surface area contributed by atoms with Crippen molar-refractivity contribution < 1.29 is 14.6 Å². The second-order valence-electron chi connectivity index (χ2n) is 2.90. The topological polar surface area (TPSA) is 46.5 Å². The zero-order valence-corrected chi connectivity index (χ0v) is 6.69. The van der Waals surface area contributed by atoms with E-state index < -0.39 is 6.10 Å². The molecule has 0 aromatic heterocycles. The molecule has 11 heavy (non-hydrogen) atoms. The molecule has 0 aromatic rings. The van der Waals surface area contributed by atoms with Gasteiger partial charge in [-0.1, -0.05) is 6.92 Å². The summed E-state index contributed by atoms with van der Waals surface area (Å²) >= 11 is 0. The van der Waals surface area contributed by atoms with E-state index in [0.717, 1.165) is 19.1 Å². The standard InChI is InChI=1S/C8H14O3/c1-2-7(10)8-4-3-6(5-9)11-8/h5-8,10H,2-4H2,1H3/t6-,7?,8+/m0/s1. The van der Waals surface area contributed by atoms with E-state index >= 15 is 0 Å². The lowest BCUT2D eigenvalue weighted by molar-refractivity contribution is -0.120. The van der Waals surface area contributed by atoms with E-state index in [1.807, 2.05) is 6.92 Å². The molecule has 0 aromatic carbocycles. The van der Waals surface area contributed by atoms with E-state index in [1.165, 1.54) is 0 Å². The summed E-state index contributed by atoms with van der Waals surface area (Å²) in [4.78, 5) is 10.3. The van der Waals surface area contributed by atoms with Gasteiger partial charge in [0.25, 0.3) is 0 Å². The van der Waals surface area contributed by atoms with Gasteiger partial charge in [-0.25, -0.2) is 0 Å². The molecule has 1 unspecified atom stereocenters. The van der Waals surface area contributed by atoms with E-state index in [4.69, 9.17) is 4.74 Å². The highest BCUT2D eigenvalue weighted by molar-refractivity contribution is 5.56. The number of hydrogen-bond donors (Lipinski definition) is 1. The molecule has 1 rings (SSSR count). The Hall–Kier alpha value is -0.410. The maximum Gasteiger partial charge on any atom is 0.148 e.